The van der Waals surface area contributed by atoms with E-state index in [2.05, 4.69) is 32.0 Å². The Morgan fingerprint density at radius 2 is 1.50 bits per heavy atom. The van der Waals surface area contributed by atoms with Crippen molar-refractivity contribution >= 4 is 6.29 Å². The molecule has 0 heterocycles. The molecule has 0 fully saturated rings. The third-order valence-electron chi connectivity index (χ3n) is 3.00. The first kappa shape index (κ1) is 13.0. The van der Waals surface area contributed by atoms with Crippen LogP contribution in [0.1, 0.15) is 61.0 Å². The average Bonchev–Trinajstić information content (AvgIpc) is 2.33. The highest BCUT2D eigenvalue weighted by Gasteiger charge is 2.06. The minimum Gasteiger partial charge on any atom is -0.298 e. The Balaban J connectivity index is 2.86. The Morgan fingerprint density at radius 1 is 1.00 bits per heavy atom. The van der Waals surface area contributed by atoms with Crippen molar-refractivity contribution in [1.82, 2.24) is 0 Å². The van der Waals surface area contributed by atoms with Crippen molar-refractivity contribution in [1.29, 1.82) is 0 Å². The lowest BCUT2D eigenvalue weighted by Gasteiger charge is -2.09. The SMILES string of the molecule is CCCCc1cccc(CCCC)c1C=O. The molecule has 0 spiro atoms. The molecule has 0 unspecified atom stereocenters. The number of unbranched alkanes of at least 4 members (excludes halogenated alkanes) is 2. The number of carbonyl (C=O) groups excluding carboxylic acids is 1. The summed E-state index contributed by atoms with van der Waals surface area (Å²) in [6, 6.07) is 6.27. The van der Waals surface area contributed by atoms with Gasteiger partial charge in [-0.3, -0.25) is 4.79 Å². The van der Waals surface area contributed by atoms with E-state index in [0.29, 0.717) is 0 Å². The van der Waals surface area contributed by atoms with Crippen LogP contribution in [0.5, 0.6) is 0 Å². The Bertz CT molecular complexity index is 302. The molecular weight excluding hydrogens is 196 g/mol. The first-order valence-electron chi connectivity index (χ1n) is 6.39. The molecule has 1 rings (SSSR count). The lowest BCUT2D eigenvalue weighted by atomic mass is 9.95. The Hall–Kier alpha value is -1.11. The molecule has 0 aliphatic carbocycles. The Morgan fingerprint density at radius 3 is 1.88 bits per heavy atom. The van der Waals surface area contributed by atoms with Crippen molar-refractivity contribution in [3.63, 3.8) is 0 Å². The van der Waals surface area contributed by atoms with Crippen LogP contribution >= 0.6 is 0 Å². The van der Waals surface area contributed by atoms with E-state index >= 15 is 0 Å². The zero-order valence-corrected chi connectivity index (χ0v) is 10.5. The van der Waals surface area contributed by atoms with Crippen LogP contribution in [-0.4, -0.2) is 6.29 Å². The van der Waals surface area contributed by atoms with E-state index < -0.39 is 0 Å². The normalized spacial score (nSPS) is 10.4. The van der Waals surface area contributed by atoms with Crippen molar-refractivity contribution in [2.45, 2.75) is 52.4 Å². The summed E-state index contributed by atoms with van der Waals surface area (Å²) in [5.41, 5.74) is 3.40. The minimum atomic E-state index is 0.949. The maximum absolute atomic E-state index is 11.2. The van der Waals surface area contributed by atoms with Gasteiger partial charge in [0.2, 0.25) is 0 Å². The van der Waals surface area contributed by atoms with Crippen LogP contribution in [0.15, 0.2) is 18.2 Å². The molecule has 0 aliphatic rings. The van der Waals surface area contributed by atoms with Crippen LogP contribution < -0.4 is 0 Å². The molecule has 16 heavy (non-hydrogen) atoms. The second kappa shape index (κ2) is 7.21. The van der Waals surface area contributed by atoms with Gasteiger partial charge in [-0.15, -0.1) is 0 Å². The second-order valence-electron chi connectivity index (χ2n) is 4.31. The number of hydrogen-bond acceptors (Lipinski definition) is 1. The van der Waals surface area contributed by atoms with Crippen LogP contribution in [0.25, 0.3) is 0 Å². The lowest BCUT2D eigenvalue weighted by molar-refractivity contribution is 0.112. The number of aryl methyl sites for hydroxylation is 2. The van der Waals surface area contributed by atoms with Crippen LogP contribution in [0.4, 0.5) is 0 Å². The highest BCUT2D eigenvalue weighted by molar-refractivity contribution is 5.79. The summed E-state index contributed by atoms with van der Waals surface area (Å²) in [4.78, 5) is 11.2. The number of hydrogen-bond donors (Lipinski definition) is 0. The molecule has 1 nitrogen and oxygen atoms in total. The average molecular weight is 218 g/mol. The quantitative estimate of drug-likeness (QED) is 0.627. The van der Waals surface area contributed by atoms with Gasteiger partial charge in [-0.05, 0) is 36.8 Å². The maximum Gasteiger partial charge on any atom is 0.150 e. The van der Waals surface area contributed by atoms with Gasteiger partial charge in [-0.25, -0.2) is 0 Å². The van der Waals surface area contributed by atoms with Gasteiger partial charge >= 0.3 is 0 Å². The summed E-state index contributed by atoms with van der Waals surface area (Å²) >= 11 is 0. The van der Waals surface area contributed by atoms with Crippen molar-refractivity contribution in [2.75, 3.05) is 0 Å². The van der Waals surface area contributed by atoms with Crippen LogP contribution in [0.2, 0.25) is 0 Å². The van der Waals surface area contributed by atoms with Gasteiger partial charge in [0.05, 0.1) is 0 Å². The minimum absolute atomic E-state index is 0.949. The van der Waals surface area contributed by atoms with Crippen molar-refractivity contribution in [3.05, 3.63) is 34.9 Å². The number of benzene rings is 1. The van der Waals surface area contributed by atoms with Crippen molar-refractivity contribution in [2.24, 2.45) is 0 Å². The zero-order valence-electron chi connectivity index (χ0n) is 10.5. The summed E-state index contributed by atoms with van der Waals surface area (Å²) in [6.07, 6.45) is 7.79. The van der Waals surface area contributed by atoms with Crippen LogP contribution in [-0.2, 0) is 12.8 Å². The largest absolute Gasteiger partial charge is 0.298 e. The molecule has 0 atom stereocenters. The van der Waals surface area contributed by atoms with Gasteiger partial charge in [0.25, 0.3) is 0 Å². The highest BCUT2D eigenvalue weighted by Crippen LogP contribution is 2.17. The topological polar surface area (TPSA) is 17.1 Å². The fourth-order valence-corrected chi connectivity index (χ4v) is 1.99. The molecule has 0 aliphatic heterocycles. The molecule has 1 aromatic carbocycles. The lowest BCUT2D eigenvalue weighted by Crippen LogP contribution is -1.99. The van der Waals surface area contributed by atoms with E-state index in [1.807, 2.05) is 0 Å². The highest BCUT2D eigenvalue weighted by atomic mass is 16.1. The molecule has 0 saturated carbocycles. The third-order valence-corrected chi connectivity index (χ3v) is 3.00. The predicted octanol–water partition coefficient (Wildman–Crippen LogP) is 4.18. The predicted molar refractivity (Wildman–Crippen MR) is 69.1 cm³/mol. The number of rotatable bonds is 7. The summed E-state index contributed by atoms with van der Waals surface area (Å²) in [5.74, 6) is 0. The fourth-order valence-electron chi connectivity index (χ4n) is 1.99. The van der Waals surface area contributed by atoms with Gasteiger partial charge in [-0.2, -0.15) is 0 Å². The summed E-state index contributed by atoms with van der Waals surface area (Å²) < 4.78 is 0. The zero-order chi connectivity index (χ0) is 11.8. The van der Waals surface area contributed by atoms with Crippen LogP contribution in [0.3, 0.4) is 0 Å². The number of aldehydes is 1. The molecule has 1 aromatic rings. The molecule has 0 saturated heterocycles. The van der Waals surface area contributed by atoms with E-state index in [-0.39, 0.29) is 0 Å². The fraction of sp³-hybridized carbons (Fsp3) is 0.533. The molecular formula is C15H22O. The molecule has 0 aromatic heterocycles. The first-order chi connectivity index (χ1) is 7.83. The van der Waals surface area contributed by atoms with Crippen molar-refractivity contribution < 1.29 is 4.79 Å². The molecule has 0 bridgehead atoms. The van der Waals surface area contributed by atoms with Gasteiger partial charge in [0, 0.05) is 5.56 Å². The van der Waals surface area contributed by atoms with E-state index in [1.54, 1.807) is 0 Å². The smallest absolute Gasteiger partial charge is 0.150 e. The third kappa shape index (κ3) is 3.48. The second-order valence-corrected chi connectivity index (χ2v) is 4.31. The Labute approximate surface area is 98.9 Å². The van der Waals surface area contributed by atoms with Crippen LogP contribution in [0, 0.1) is 0 Å². The van der Waals surface area contributed by atoms with Gasteiger partial charge in [-0.1, -0.05) is 44.9 Å². The van der Waals surface area contributed by atoms with Gasteiger partial charge in [0.15, 0.2) is 6.29 Å². The van der Waals surface area contributed by atoms with Crippen molar-refractivity contribution in [3.8, 4) is 0 Å². The van der Waals surface area contributed by atoms with E-state index in [9.17, 15) is 4.79 Å². The van der Waals surface area contributed by atoms with E-state index in [0.717, 1.165) is 37.5 Å². The van der Waals surface area contributed by atoms with E-state index in [4.69, 9.17) is 0 Å². The van der Waals surface area contributed by atoms with Gasteiger partial charge < -0.3 is 0 Å². The molecule has 0 radical (unpaired) electrons. The summed E-state index contributed by atoms with van der Waals surface area (Å²) in [5, 5.41) is 0. The molecule has 0 N–H and O–H groups in total. The summed E-state index contributed by atoms with van der Waals surface area (Å²) in [6.45, 7) is 4.36. The first-order valence-corrected chi connectivity index (χ1v) is 6.39. The summed E-state index contributed by atoms with van der Waals surface area (Å²) in [7, 11) is 0. The standard InChI is InChI=1S/C15H22O/c1-3-5-8-13-10-7-11-14(9-6-4-2)15(13)12-16/h7,10-12H,3-6,8-9H2,1-2H3. The molecule has 88 valence electrons. The Kier molecular flexibility index (Phi) is 5.84. The maximum atomic E-state index is 11.2. The van der Waals surface area contributed by atoms with Gasteiger partial charge in [0.1, 0.15) is 0 Å². The monoisotopic (exact) mass is 218 g/mol. The van der Waals surface area contributed by atoms with E-state index in [1.165, 1.54) is 24.0 Å². The molecule has 1 heteroatoms. The number of carbonyl (C=O) groups is 1. The molecule has 0 amide bonds.